The summed E-state index contributed by atoms with van der Waals surface area (Å²) < 4.78 is 10.4. The van der Waals surface area contributed by atoms with Crippen LogP contribution in [0.4, 0.5) is 0 Å². The molecule has 62 valence electrons. The van der Waals surface area contributed by atoms with Crippen LogP contribution in [0.15, 0.2) is 0 Å². The zero-order valence-electron chi connectivity index (χ0n) is 6.08. The minimum Gasteiger partial charge on any atom is -0.481 e. The molecule has 2 aliphatic rings. The van der Waals surface area contributed by atoms with Gasteiger partial charge in [-0.05, 0) is 6.42 Å². The maximum absolute atomic E-state index is 10.8. The summed E-state index contributed by atoms with van der Waals surface area (Å²) in [5, 5.41) is 8.86. The predicted molar refractivity (Wildman–Crippen MR) is 35.2 cm³/mol. The number of carbonyl (C=O) groups is 1. The van der Waals surface area contributed by atoms with Crippen molar-refractivity contribution >= 4 is 5.97 Å². The van der Waals surface area contributed by atoms with Crippen molar-refractivity contribution < 1.29 is 19.4 Å². The lowest BCUT2D eigenvalue weighted by Crippen LogP contribution is -2.40. The van der Waals surface area contributed by atoms with E-state index in [2.05, 4.69) is 0 Å². The summed E-state index contributed by atoms with van der Waals surface area (Å²) in [6.07, 6.45) is 0.627. The van der Waals surface area contributed by atoms with Crippen LogP contribution in [-0.4, -0.2) is 37.0 Å². The van der Waals surface area contributed by atoms with Crippen LogP contribution in [0.2, 0.25) is 0 Å². The molecule has 2 heterocycles. The first kappa shape index (κ1) is 7.06. The van der Waals surface area contributed by atoms with E-state index in [0.717, 1.165) is 0 Å². The van der Waals surface area contributed by atoms with Gasteiger partial charge in [0.25, 0.3) is 0 Å². The fraction of sp³-hybridized carbons (Fsp3) is 0.857. The Labute approximate surface area is 64.1 Å². The van der Waals surface area contributed by atoms with Crippen LogP contribution >= 0.6 is 0 Å². The van der Waals surface area contributed by atoms with E-state index in [1.807, 2.05) is 0 Å². The largest absolute Gasteiger partial charge is 0.481 e. The molecule has 2 bridgehead atoms. The minimum atomic E-state index is -0.792. The Hall–Kier alpha value is -0.610. The maximum atomic E-state index is 10.8. The molecule has 0 spiro atoms. The molecule has 2 unspecified atom stereocenters. The lowest BCUT2D eigenvalue weighted by molar-refractivity contribution is -0.153. The molecule has 0 aliphatic carbocycles. The van der Waals surface area contributed by atoms with Crippen LogP contribution in [-0.2, 0) is 14.3 Å². The Kier molecular flexibility index (Phi) is 1.40. The number of hydrogen-bond acceptors (Lipinski definition) is 3. The van der Waals surface area contributed by atoms with E-state index in [-0.39, 0.29) is 6.10 Å². The Bertz CT molecular complexity index is 187. The van der Waals surface area contributed by atoms with E-state index in [4.69, 9.17) is 14.6 Å². The molecule has 2 atom stereocenters. The summed E-state index contributed by atoms with van der Waals surface area (Å²) >= 11 is 0. The van der Waals surface area contributed by atoms with Gasteiger partial charge in [-0.15, -0.1) is 0 Å². The summed E-state index contributed by atoms with van der Waals surface area (Å²) in [5.74, 6) is -0.792. The number of hydrogen-bond donors (Lipinski definition) is 1. The van der Waals surface area contributed by atoms with Crippen molar-refractivity contribution in [1.82, 2.24) is 0 Å². The average Bonchev–Trinajstić information content (AvgIpc) is 2.29. The molecule has 0 radical (unpaired) electrons. The Morgan fingerprint density at radius 2 is 2.36 bits per heavy atom. The molecule has 4 heteroatoms. The van der Waals surface area contributed by atoms with Crippen molar-refractivity contribution in [3.05, 3.63) is 0 Å². The monoisotopic (exact) mass is 158 g/mol. The summed E-state index contributed by atoms with van der Waals surface area (Å²) in [6, 6.07) is 0. The number of fused-ring (bicyclic) bond motifs is 2. The van der Waals surface area contributed by atoms with Gasteiger partial charge in [-0.25, -0.2) is 0 Å². The lowest BCUT2D eigenvalue weighted by atomic mass is 9.85. The van der Waals surface area contributed by atoms with E-state index in [9.17, 15) is 4.79 Å². The first-order chi connectivity index (χ1) is 5.23. The topological polar surface area (TPSA) is 55.8 Å². The highest BCUT2D eigenvalue weighted by molar-refractivity contribution is 5.75. The zero-order valence-corrected chi connectivity index (χ0v) is 6.08. The van der Waals surface area contributed by atoms with Crippen LogP contribution < -0.4 is 0 Å². The van der Waals surface area contributed by atoms with Crippen LogP contribution in [0.25, 0.3) is 0 Å². The number of carboxylic acid groups (broad SMARTS) is 1. The van der Waals surface area contributed by atoms with Gasteiger partial charge in [0.15, 0.2) is 0 Å². The predicted octanol–water partition coefficient (Wildman–Crippen LogP) is -0.124. The Balaban J connectivity index is 2.19. The number of carboxylic acids is 1. The van der Waals surface area contributed by atoms with Gasteiger partial charge in [0, 0.05) is 0 Å². The van der Waals surface area contributed by atoms with Crippen LogP contribution in [0, 0.1) is 5.41 Å². The van der Waals surface area contributed by atoms with Gasteiger partial charge in [0.05, 0.1) is 25.9 Å². The smallest absolute Gasteiger partial charge is 0.314 e. The maximum Gasteiger partial charge on any atom is 0.314 e. The Morgan fingerprint density at radius 1 is 1.55 bits per heavy atom. The fourth-order valence-electron chi connectivity index (χ4n) is 1.64. The SMILES string of the molecule is O=C(O)C12COCC(C1)OC2. The van der Waals surface area contributed by atoms with Crippen molar-refractivity contribution in [2.45, 2.75) is 12.5 Å². The normalized spacial score (nSPS) is 42.4. The van der Waals surface area contributed by atoms with Gasteiger partial charge in [-0.1, -0.05) is 0 Å². The first-order valence-electron chi connectivity index (χ1n) is 3.66. The van der Waals surface area contributed by atoms with Crippen molar-refractivity contribution in [3.8, 4) is 0 Å². The van der Waals surface area contributed by atoms with E-state index >= 15 is 0 Å². The molecule has 2 saturated heterocycles. The number of ether oxygens (including phenoxy) is 2. The molecule has 2 rings (SSSR count). The third-order valence-corrected chi connectivity index (χ3v) is 2.35. The van der Waals surface area contributed by atoms with Gasteiger partial charge in [-0.3, -0.25) is 4.79 Å². The van der Waals surface area contributed by atoms with Crippen LogP contribution in [0.3, 0.4) is 0 Å². The van der Waals surface area contributed by atoms with Gasteiger partial charge in [0.1, 0.15) is 5.41 Å². The van der Waals surface area contributed by atoms with Gasteiger partial charge >= 0.3 is 5.97 Å². The highest BCUT2D eigenvalue weighted by Crippen LogP contribution is 2.36. The standard InChI is InChI=1S/C7H10O4/c8-6(9)7-1-5(11-4-7)2-10-3-7/h5H,1-4H2,(H,8,9). The highest BCUT2D eigenvalue weighted by Gasteiger charge is 2.49. The molecule has 2 fully saturated rings. The third kappa shape index (κ3) is 0.937. The second-order valence-electron chi connectivity index (χ2n) is 3.24. The summed E-state index contributed by atoms with van der Waals surface area (Å²) in [5.41, 5.74) is -0.733. The summed E-state index contributed by atoms with van der Waals surface area (Å²) in [6.45, 7) is 1.17. The zero-order chi connectivity index (χ0) is 7.90. The second-order valence-corrected chi connectivity index (χ2v) is 3.24. The van der Waals surface area contributed by atoms with Crippen LogP contribution in [0.5, 0.6) is 0 Å². The molecule has 4 nitrogen and oxygen atoms in total. The molecule has 0 aromatic heterocycles. The van der Waals surface area contributed by atoms with Crippen molar-refractivity contribution in [1.29, 1.82) is 0 Å². The van der Waals surface area contributed by atoms with E-state index < -0.39 is 11.4 Å². The van der Waals surface area contributed by atoms with E-state index in [1.54, 1.807) is 0 Å². The Morgan fingerprint density at radius 3 is 3.00 bits per heavy atom. The molecule has 1 N–H and O–H groups in total. The van der Waals surface area contributed by atoms with E-state index in [1.165, 1.54) is 0 Å². The molecular weight excluding hydrogens is 148 g/mol. The first-order valence-corrected chi connectivity index (χ1v) is 3.66. The lowest BCUT2D eigenvalue weighted by Gasteiger charge is -2.25. The number of rotatable bonds is 1. The fourth-order valence-corrected chi connectivity index (χ4v) is 1.64. The quantitative estimate of drug-likeness (QED) is 0.577. The molecule has 2 aliphatic heterocycles. The molecule has 0 aromatic carbocycles. The van der Waals surface area contributed by atoms with Gasteiger partial charge in [0.2, 0.25) is 0 Å². The summed E-state index contributed by atoms with van der Waals surface area (Å²) in [7, 11) is 0. The minimum absolute atomic E-state index is 0.0137. The average molecular weight is 158 g/mol. The molecule has 0 amide bonds. The van der Waals surface area contributed by atoms with Crippen LogP contribution in [0.1, 0.15) is 6.42 Å². The van der Waals surface area contributed by atoms with Crippen molar-refractivity contribution in [2.75, 3.05) is 19.8 Å². The van der Waals surface area contributed by atoms with Crippen molar-refractivity contribution in [2.24, 2.45) is 5.41 Å². The van der Waals surface area contributed by atoms with Gasteiger partial charge in [-0.2, -0.15) is 0 Å². The second kappa shape index (κ2) is 2.19. The molecule has 0 aromatic rings. The number of aliphatic carboxylic acids is 1. The highest BCUT2D eigenvalue weighted by atomic mass is 16.6. The van der Waals surface area contributed by atoms with E-state index in [0.29, 0.717) is 26.2 Å². The molecule has 0 saturated carbocycles. The summed E-state index contributed by atoms with van der Waals surface area (Å²) in [4.78, 5) is 10.8. The third-order valence-electron chi connectivity index (χ3n) is 2.35. The van der Waals surface area contributed by atoms with Gasteiger partial charge < -0.3 is 14.6 Å². The molecule has 11 heavy (non-hydrogen) atoms. The molecular formula is C7H10O4. The van der Waals surface area contributed by atoms with Crippen molar-refractivity contribution in [3.63, 3.8) is 0 Å².